The number of rotatable bonds is 5. The van der Waals surface area contributed by atoms with Crippen molar-refractivity contribution < 1.29 is 4.79 Å². The van der Waals surface area contributed by atoms with Gasteiger partial charge in [-0.15, -0.1) is 0 Å². The molecule has 2 atom stereocenters. The molecule has 2 aliphatic rings. The minimum Gasteiger partial charge on any atom is -0.337 e. The van der Waals surface area contributed by atoms with E-state index in [-0.39, 0.29) is 5.92 Å². The molecule has 5 heteroatoms. The molecule has 4 nitrogen and oxygen atoms in total. The Labute approximate surface area is 144 Å². The van der Waals surface area contributed by atoms with Crippen LogP contribution in [0.5, 0.6) is 0 Å². The van der Waals surface area contributed by atoms with Crippen molar-refractivity contribution >= 4 is 21.8 Å². The van der Waals surface area contributed by atoms with Crippen molar-refractivity contribution in [3.05, 3.63) is 52.5 Å². The summed E-state index contributed by atoms with van der Waals surface area (Å²) in [5.74, 6) is 1.81. The third-order valence-electron chi connectivity index (χ3n) is 4.91. The van der Waals surface area contributed by atoms with Crippen LogP contribution in [0.3, 0.4) is 0 Å². The number of nitrogens with zero attached hydrogens (tertiary/aromatic N) is 3. The summed E-state index contributed by atoms with van der Waals surface area (Å²) < 4.78 is 3.08. The van der Waals surface area contributed by atoms with E-state index >= 15 is 0 Å². The van der Waals surface area contributed by atoms with Crippen LogP contribution in [0.15, 0.2) is 41.1 Å². The van der Waals surface area contributed by atoms with Crippen LogP contribution < -0.4 is 0 Å². The van der Waals surface area contributed by atoms with E-state index in [2.05, 4.69) is 50.1 Å². The molecule has 2 aromatic rings. The van der Waals surface area contributed by atoms with Crippen LogP contribution in [0.1, 0.15) is 36.6 Å². The molecule has 120 valence electrons. The number of hydrogen-bond acceptors (Lipinski definition) is 2. The molecule has 2 fully saturated rings. The van der Waals surface area contributed by atoms with Crippen LogP contribution in [0.25, 0.3) is 0 Å². The van der Waals surface area contributed by atoms with Gasteiger partial charge in [-0.2, -0.15) is 0 Å². The van der Waals surface area contributed by atoms with E-state index in [1.54, 1.807) is 6.20 Å². The minimum absolute atomic E-state index is 0.150. The molecule has 1 heterocycles. The number of aromatic nitrogens is 2. The molecule has 2 saturated carbocycles. The third kappa shape index (κ3) is 3.07. The first-order valence-corrected chi connectivity index (χ1v) is 8.95. The summed E-state index contributed by atoms with van der Waals surface area (Å²) in [6, 6.07) is 8.79. The standard InChI is InChI=1S/C18H20BrN3O/c1-21-9-8-20-17(21)11-22(14-6-7-14)18(23)16-10-15(16)12-2-4-13(19)5-3-12/h2-5,8-9,14-16H,6-7,10-11H2,1H3/t15-,16+/m0/s1. The second-order valence-electron chi connectivity index (χ2n) is 6.65. The van der Waals surface area contributed by atoms with Gasteiger partial charge < -0.3 is 9.47 Å². The van der Waals surface area contributed by atoms with Crippen molar-refractivity contribution in [1.82, 2.24) is 14.5 Å². The van der Waals surface area contributed by atoms with Gasteiger partial charge in [-0.1, -0.05) is 28.1 Å². The van der Waals surface area contributed by atoms with Gasteiger partial charge in [-0.25, -0.2) is 4.98 Å². The Morgan fingerprint density at radius 1 is 1.35 bits per heavy atom. The number of carbonyl (C=O) groups excluding carboxylic acids is 1. The molecular weight excluding hydrogens is 354 g/mol. The zero-order chi connectivity index (χ0) is 16.0. The van der Waals surface area contributed by atoms with Crippen molar-refractivity contribution in [2.24, 2.45) is 13.0 Å². The average molecular weight is 374 g/mol. The minimum atomic E-state index is 0.150. The van der Waals surface area contributed by atoms with Gasteiger partial charge in [-0.3, -0.25) is 4.79 Å². The summed E-state index contributed by atoms with van der Waals surface area (Å²) in [4.78, 5) is 19.4. The summed E-state index contributed by atoms with van der Waals surface area (Å²) in [6.45, 7) is 0.635. The monoisotopic (exact) mass is 373 g/mol. The first-order chi connectivity index (χ1) is 11.1. The molecule has 23 heavy (non-hydrogen) atoms. The quantitative estimate of drug-likeness (QED) is 0.804. The fourth-order valence-electron chi connectivity index (χ4n) is 3.23. The Balaban J connectivity index is 1.47. The number of amides is 1. The summed E-state index contributed by atoms with van der Waals surface area (Å²) in [6.07, 6.45) is 6.97. The highest BCUT2D eigenvalue weighted by Crippen LogP contribution is 2.49. The molecule has 0 saturated heterocycles. The molecule has 0 aliphatic heterocycles. The van der Waals surface area contributed by atoms with Gasteiger partial charge in [0.2, 0.25) is 5.91 Å². The molecule has 0 bridgehead atoms. The molecule has 0 spiro atoms. The number of carbonyl (C=O) groups is 1. The maximum atomic E-state index is 13.0. The first kappa shape index (κ1) is 14.9. The van der Waals surface area contributed by atoms with Crippen LogP contribution >= 0.6 is 15.9 Å². The van der Waals surface area contributed by atoms with Crippen LogP contribution in [0, 0.1) is 5.92 Å². The molecule has 0 N–H and O–H groups in total. The van der Waals surface area contributed by atoms with E-state index in [9.17, 15) is 4.79 Å². The fraction of sp³-hybridized carbons (Fsp3) is 0.444. The second kappa shape index (κ2) is 5.78. The summed E-state index contributed by atoms with van der Waals surface area (Å²) in [5.41, 5.74) is 1.28. The van der Waals surface area contributed by atoms with Crippen molar-refractivity contribution in [2.45, 2.75) is 37.8 Å². The molecule has 1 aromatic heterocycles. The predicted octanol–water partition coefficient (Wildman–Crippen LogP) is 3.48. The highest BCUT2D eigenvalue weighted by molar-refractivity contribution is 9.10. The first-order valence-electron chi connectivity index (χ1n) is 8.15. The topological polar surface area (TPSA) is 38.1 Å². The number of benzene rings is 1. The third-order valence-corrected chi connectivity index (χ3v) is 5.44. The Morgan fingerprint density at radius 2 is 2.09 bits per heavy atom. The molecule has 1 amide bonds. The lowest BCUT2D eigenvalue weighted by molar-refractivity contribution is -0.134. The van der Waals surface area contributed by atoms with Gasteiger partial charge in [0.15, 0.2) is 0 Å². The second-order valence-corrected chi connectivity index (χ2v) is 7.57. The molecule has 1 aromatic carbocycles. The highest BCUT2D eigenvalue weighted by atomic mass is 79.9. The van der Waals surface area contributed by atoms with E-state index in [1.807, 2.05) is 17.8 Å². The molecule has 2 aliphatic carbocycles. The lowest BCUT2D eigenvalue weighted by Crippen LogP contribution is -2.35. The zero-order valence-corrected chi connectivity index (χ0v) is 14.7. The number of aryl methyl sites for hydroxylation is 1. The summed E-state index contributed by atoms with van der Waals surface area (Å²) >= 11 is 3.47. The van der Waals surface area contributed by atoms with Crippen LogP contribution in [-0.4, -0.2) is 26.4 Å². The van der Waals surface area contributed by atoms with E-state index in [1.165, 1.54) is 5.56 Å². The normalized spacial score (nSPS) is 22.9. The lowest BCUT2D eigenvalue weighted by atomic mass is 10.1. The maximum Gasteiger partial charge on any atom is 0.226 e. The van der Waals surface area contributed by atoms with Crippen molar-refractivity contribution in [3.63, 3.8) is 0 Å². The van der Waals surface area contributed by atoms with Gasteiger partial charge in [-0.05, 0) is 42.9 Å². The number of hydrogen-bond donors (Lipinski definition) is 0. The van der Waals surface area contributed by atoms with E-state index < -0.39 is 0 Å². The maximum absolute atomic E-state index is 13.0. The fourth-order valence-corrected chi connectivity index (χ4v) is 3.50. The average Bonchev–Trinajstić information content (AvgIpc) is 3.44. The smallest absolute Gasteiger partial charge is 0.226 e. The highest BCUT2D eigenvalue weighted by Gasteiger charge is 2.48. The predicted molar refractivity (Wildman–Crippen MR) is 91.8 cm³/mol. The van der Waals surface area contributed by atoms with Gasteiger partial charge in [0.05, 0.1) is 6.54 Å². The molecular formula is C18H20BrN3O. The van der Waals surface area contributed by atoms with Crippen LogP contribution in [-0.2, 0) is 18.4 Å². The SMILES string of the molecule is Cn1ccnc1CN(C(=O)[C@@H]1C[C@H]1c1ccc(Br)cc1)C1CC1. The Morgan fingerprint density at radius 3 is 2.70 bits per heavy atom. The van der Waals surface area contributed by atoms with Crippen LogP contribution in [0.4, 0.5) is 0 Å². The largest absolute Gasteiger partial charge is 0.337 e. The summed E-state index contributed by atoms with van der Waals surface area (Å²) in [5, 5.41) is 0. The number of imidazole rings is 1. The van der Waals surface area contributed by atoms with Crippen LogP contribution in [0.2, 0.25) is 0 Å². The summed E-state index contributed by atoms with van der Waals surface area (Å²) in [7, 11) is 1.99. The Kier molecular flexibility index (Phi) is 3.76. The van der Waals surface area contributed by atoms with E-state index in [0.29, 0.717) is 24.4 Å². The van der Waals surface area contributed by atoms with Crippen molar-refractivity contribution in [3.8, 4) is 0 Å². The van der Waals surface area contributed by atoms with Gasteiger partial charge in [0.25, 0.3) is 0 Å². The van der Waals surface area contributed by atoms with Crippen molar-refractivity contribution in [2.75, 3.05) is 0 Å². The van der Waals surface area contributed by atoms with Gasteiger partial charge in [0.1, 0.15) is 5.82 Å². The Hall–Kier alpha value is -1.62. The van der Waals surface area contributed by atoms with E-state index in [4.69, 9.17) is 0 Å². The van der Waals surface area contributed by atoms with Gasteiger partial charge in [0, 0.05) is 35.9 Å². The molecule has 4 rings (SSSR count). The number of halogens is 1. The van der Waals surface area contributed by atoms with E-state index in [0.717, 1.165) is 29.6 Å². The molecule has 0 radical (unpaired) electrons. The zero-order valence-electron chi connectivity index (χ0n) is 13.2. The lowest BCUT2D eigenvalue weighted by Gasteiger charge is -2.22. The van der Waals surface area contributed by atoms with Gasteiger partial charge >= 0.3 is 0 Å². The van der Waals surface area contributed by atoms with Crippen molar-refractivity contribution in [1.29, 1.82) is 0 Å². The Bertz CT molecular complexity index is 720. The molecule has 0 unspecified atom stereocenters.